The molecule has 3 rings (SSSR count). The van der Waals surface area contributed by atoms with Gasteiger partial charge in [0.1, 0.15) is 24.4 Å². The molecule has 150 valence electrons. The average Bonchev–Trinajstić information content (AvgIpc) is 2.68. The summed E-state index contributed by atoms with van der Waals surface area (Å²) in [5.74, 6) is -0.0746. The van der Waals surface area contributed by atoms with E-state index >= 15 is 0 Å². The molecule has 0 aliphatic carbocycles. The summed E-state index contributed by atoms with van der Waals surface area (Å²) in [6.07, 6.45) is -2.31. The second-order valence-electron chi connectivity index (χ2n) is 6.52. The number of hydrogen-bond donors (Lipinski definition) is 0. The van der Waals surface area contributed by atoms with Gasteiger partial charge in [-0.05, 0) is 13.8 Å². The molecule has 2 aromatic heterocycles. The standard InChI is InChI=1S/C17H19F3N6O2/c1-11-12(2)23-10-26(16(11)28)8-15(27)25-5-3-24(4-6-25)14-7-13(17(18,19)20)21-9-22-14/h7,9-10H,3-6,8H2,1-2H3. The third-order valence-electron chi connectivity index (χ3n) is 4.72. The lowest BCUT2D eigenvalue weighted by molar-refractivity contribution is -0.141. The zero-order valence-electron chi connectivity index (χ0n) is 15.4. The van der Waals surface area contributed by atoms with Crippen LogP contribution in [0.3, 0.4) is 0 Å². The molecule has 3 heterocycles. The fourth-order valence-electron chi connectivity index (χ4n) is 2.89. The van der Waals surface area contributed by atoms with Gasteiger partial charge in [-0.25, -0.2) is 15.0 Å². The van der Waals surface area contributed by atoms with E-state index in [2.05, 4.69) is 15.0 Å². The molecular weight excluding hydrogens is 377 g/mol. The van der Waals surface area contributed by atoms with E-state index in [0.717, 1.165) is 12.4 Å². The summed E-state index contributed by atoms with van der Waals surface area (Å²) in [6.45, 7) is 4.55. The Labute approximate surface area is 158 Å². The Kier molecular flexibility index (Phi) is 5.34. The van der Waals surface area contributed by atoms with Crippen molar-refractivity contribution in [2.24, 2.45) is 0 Å². The van der Waals surface area contributed by atoms with Crippen molar-refractivity contribution in [1.82, 2.24) is 24.4 Å². The van der Waals surface area contributed by atoms with Crippen LogP contribution < -0.4 is 10.5 Å². The first-order valence-corrected chi connectivity index (χ1v) is 8.61. The molecule has 0 aromatic carbocycles. The Bertz CT molecular complexity index is 935. The lowest BCUT2D eigenvalue weighted by Gasteiger charge is -2.35. The predicted octanol–water partition coefficient (Wildman–Crippen LogP) is 1.02. The van der Waals surface area contributed by atoms with Gasteiger partial charge in [-0.3, -0.25) is 14.2 Å². The van der Waals surface area contributed by atoms with Crippen LogP contribution in [0.15, 0.2) is 23.5 Å². The Morgan fingerprint density at radius 1 is 1.11 bits per heavy atom. The summed E-state index contributed by atoms with van der Waals surface area (Å²) in [6, 6.07) is 0.901. The Morgan fingerprint density at radius 2 is 1.79 bits per heavy atom. The van der Waals surface area contributed by atoms with Crippen molar-refractivity contribution in [2.75, 3.05) is 31.1 Å². The highest BCUT2D eigenvalue weighted by Gasteiger charge is 2.33. The molecule has 11 heteroatoms. The summed E-state index contributed by atoms with van der Waals surface area (Å²) < 4.78 is 39.7. The summed E-state index contributed by atoms with van der Waals surface area (Å²) in [5.41, 5.74) is -0.160. The van der Waals surface area contributed by atoms with E-state index in [1.165, 1.54) is 10.9 Å². The number of anilines is 1. The Balaban J connectivity index is 1.63. The zero-order valence-corrected chi connectivity index (χ0v) is 15.4. The first-order chi connectivity index (χ1) is 13.2. The Morgan fingerprint density at radius 3 is 2.43 bits per heavy atom. The van der Waals surface area contributed by atoms with Gasteiger partial charge in [0.05, 0.1) is 6.33 Å². The van der Waals surface area contributed by atoms with Gasteiger partial charge in [0.25, 0.3) is 5.56 Å². The predicted molar refractivity (Wildman–Crippen MR) is 93.8 cm³/mol. The van der Waals surface area contributed by atoms with Crippen molar-refractivity contribution >= 4 is 11.7 Å². The second-order valence-corrected chi connectivity index (χ2v) is 6.52. The molecule has 1 fully saturated rings. The molecule has 1 amide bonds. The number of nitrogens with zero attached hydrogens (tertiary/aromatic N) is 6. The van der Waals surface area contributed by atoms with Crippen molar-refractivity contribution in [3.05, 3.63) is 46.0 Å². The molecule has 0 radical (unpaired) electrons. The van der Waals surface area contributed by atoms with Crippen LogP contribution in [0.1, 0.15) is 17.0 Å². The summed E-state index contributed by atoms with van der Waals surface area (Å²) in [4.78, 5) is 39.2. The summed E-state index contributed by atoms with van der Waals surface area (Å²) in [7, 11) is 0. The summed E-state index contributed by atoms with van der Waals surface area (Å²) in [5, 5.41) is 0. The van der Waals surface area contributed by atoms with Crippen LogP contribution in [0.2, 0.25) is 0 Å². The molecule has 1 aliphatic rings. The van der Waals surface area contributed by atoms with Crippen LogP contribution >= 0.6 is 0 Å². The monoisotopic (exact) mass is 396 g/mol. The topological polar surface area (TPSA) is 84.2 Å². The Hall–Kier alpha value is -2.98. The number of halogens is 3. The third kappa shape index (κ3) is 4.12. The first kappa shape index (κ1) is 19.8. The normalized spacial score (nSPS) is 15.0. The maximum atomic E-state index is 12.8. The van der Waals surface area contributed by atoms with Gasteiger partial charge in [-0.1, -0.05) is 0 Å². The van der Waals surface area contributed by atoms with Crippen LogP contribution in [0.25, 0.3) is 0 Å². The first-order valence-electron chi connectivity index (χ1n) is 8.61. The van der Waals surface area contributed by atoms with E-state index in [0.29, 0.717) is 37.4 Å². The highest BCUT2D eigenvalue weighted by atomic mass is 19.4. The molecule has 0 saturated carbocycles. The van der Waals surface area contributed by atoms with Gasteiger partial charge in [0.2, 0.25) is 5.91 Å². The van der Waals surface area contributed by atoms with Gasteiger partial charge in [0.15, 0.2) is 0 Å². The van der Waals surface area contributed by atoms with E-state index in [1.807, 2.05) is 0 Å². The largest absolute Gasteiger partial charge is 0.433 e. The molecule has 0 spiro atoms. The van der Waals surface area contributed by atoms with Crippen LogP contribution in [0.4, 0.5) is 19.0 Å². The number of alkyl halides is 3. The van der Waals surface area contributed by atoms with E-state index < -0.39 is 11.9 Å². The molecule has 0 N–H and O–H groups in total. The molecule has 1 aliphatic heterocycles. The highest BCUT2D eigenvalue weighted by molar-refractivity contribution is 5.76. The molecule has 8 nitrogen and oxygen atoms in total. The molecule has 0 unspecified atom stereocenters. The van der Waals surface area contributed by atoms with Gasteiger partial charge in [-0.2, -0.15) is 13.2 Å². The highest BCUT2D eigenvalue weighted by Crippen LogP contribution is 2.29. The number of aryl methyl sites for hydroxylation is 1. The van der Waals surface area contributed by atoms with Crippen LogP contribution in [-0.4, -0.2) is 56.5 Å². The number of aromatic nitrogens is 4. The molecule has 2 aromatic rings. The maximum absolute atomic E-state index is 12.8. The minimum absolute atomic E-state index is 0.126. The van der Waals surface area contributed by atoms with Crippen molar-refractivity contribution < 1.29 is 18.0 Å². The number of amides is 1. The minimum atomic E-state index is -4.54. The smallest absolute Gasteiger partial charge is 0.353 e. The number of hydrogen-bond acceptors (Lipinski definition) is 6. The average molecular weight is 396 g/mol. The van der Waals surface area contributed by atoms with E-state index in [-0.39, 0.29) is 23.8 Å². The van der Waals surface area contributed by atoms with Crippen molar-refractivity contribution in [2.45, 2.75) is 26.6 Å². The van der Waals surface area contributed by atoms with Crippen LogP contribution in [0, 0.1) is 13.8 Å². The maximum Gasteiger partial charge on any atom is 0.433 e. The zero-order chi connectivity index (χ0) is 20.5. The fourth-order valence-corrected chi connectivity index (χ4v) is 2.89. The van der Waals surface area contributed by atoms with E-state index in [4.69, 9.17) is 0 Å². The molecular formula is C17H19F3N6O2. The number of carbonyl (C=O) groups excluding carboxylic acids is 1. The molecule has 1 saturated heterocycles. The van der Waals surface area contributed by atoms with Crippen molar-refractivity contribution in [1.29, 1.82) is 0 Å². The van der Waals surface area contributed by atoms with Gasteiger partial charge in [-0.15, -0.1) is 0 Å². The number of carbonyl (C=O) groups is 1. The lowest BCUT2D eigenvalue weighted by Crippen LogP contribution is -2.50. The van der Waals surface area contributed by atoms with Gasteiger partial charge in [0, 0.05) is 43.5 Å². The second kappa shape index (κ2) is 7.56. The SMILES string of the molecule is Cc1ncn(CC(=O)N2CCN(c3cc(C(F)(F)F)ncn3)CC2)c(=O)c1C. The lowest BCUT2D eigenvalue weighted by atomic mass is 10.2. The number of piperazine rings is 1. The third-order valence-corrected chi connectivity index (χ3v) is 4.72. The summed E-state index contributed by atoms with van der Waals surface area (Å²) >= 11 is 0. The minimum Gasteiger partial charge on any atom is -0.353 e. The van der Waals surface area contributed by atoms with Crippen LogP contribution in [0.5, 0.6) is 0 Å². The van der Waals surface area contributed by atoms with Gasteiger partial charge >= 0.3 is 6.18 Å². The quantitative estimate of drug-likeness (QED) is 0.770. The van der Waals surface area contributed by atoms with Crippen molar-refractivity contribution in [3.63, 3.8) is 0 Å². The van der Waals surface area contributed by atoms with E-state index in [1.54, 1.807) is 23.6 Å². The van der Waals surface area contributed by atoms with E-state index in [9.17, 15) is 22.8 Å². The molecule has 0 bridgehead atoms. The van der Waals surface area contributed by atoms with Gasteiger partial charge < -0.3 is 9.80 Å². The van der Waals surface area contributed by atoms with Crippen molar-refractivity contribution in [3.8, 4) is 0 Å². The number of rotatable bonds is 3. The fraction of sp³-hybridized carbons (Fsp3) is 0.471. The van der Waals surface area contributed by atoms with Crippen LogP contribution in [-0.2, 0) is 17.5 Å². The molecule has 28 heavy (non-hydrogen) atoms. The molecule has 0 atom stereocenters.